The Morgan fingerprint density at radius 2 is 1.90 bits per heavy atom. The lowest BCUT2D eigenvalue weighted by Gasteiger charge is -2.28. The third-order valence-electron chi connectivity index (χ3n) is 5.47. The van der Waals surface area contributed by atoms with Crippen molar-refractivity contribution in [3.8, 4) is 11.5 Å². The summed E-state index contributed by atoms with van der Waals surface area (Å²) in [7, 11) is 1.56. The Morgan fingerprint density at radius 1 is 1.17 bits per heavy atom. The van der Waals surface area contributed by atoms with E-state index in [1.54, 1.807) is 31.4 Å². The number of fused-ring (bicyclic) bond motifs is 1. The number of carbonyl (C=O) groups is 2. The molecule has 1 heterocycles. The lowest BCUT2D eigenvalue weighted by Crippen LogP contribution is -2.39. The Bertz CT molecular complexity index is 953. The highest BCUT2D eigenvalue weighted by atomic mass is 16.5. The SMILES string of the molecule is COc1cc(N)c(N2C(=O)c3ccccc3C2NC(C)=O)cc1OC1CCCC1. The van der Waals surface area contributed by atoms with E-state index in [-0.39, 0.29) is 17.9 Å². The van der Waals surface area contributed by atoms with E-state index in [2.05, 4.69) is 5.32 Å². The molecule has 1 saturated carbocycles. The van der Waals surface area contributed by atoms with Gasteiger partial charge in [0, 0.05) is 30.2 Å². The summed E-state index contributed by atoms with van der Waals surface area (Å²) in [6.45, 7) is 1.43. The zero-order valence-electron chi connectivity index (χ0n) is 16.6. The van der Waals surface area contributed by atoms with E-state index in [0.717, 1.165) is 31.2 Å². The number of anilines is 2. The largest absolute Gasteiger partial charge is 0.493 e. The van der Waals surface area contributed by atoms with Crippen molar-refractivity contribution in [3.63, 3.8) is 0 Å². The van der Waals surface area contributed by atoms with Crippen LogP contribution in [0.3, 0.4) is 0 Å². The Hall–Kier alpha value is -3.22. The Morgan fingerprint density at radius 3 is 2.59 bits per heavy atom. The first-order valence-corrected chi connectivity index (χ1v) is 9.83. The summed E-state index contributed by atoms with van der Waals surface area (Å²) >= 11 is 0. The fourth-order valence-corrected chi connectivity index (χ4v) is 4.11. The monoisotopic (exact) mass is 395 g/mol. The number of nitrogens with two attached hydrogens (primary N) is 1. The average molecular weight is 395 g/mol. The zero-order chi connectivity index (χ0) is 20.5. The maximum atomic E-state index is 13.2. The van der Waals surface area contributed by atoms with Crippen LogP contribution in [0.1, 0.15) is 54.7 Å². The molecule has 2 aromatic carbocycles. The zero-order valence-corrected chi connectivity index (χ0v) is 16.6. The molecule has 1 fully saturated rings. The highest BCUT2D eigenvalue weighted by Crippen LogP contribution is 2.44. The molecule has 0 radical (unpaired) electrons. The van der Waals surface area contributed by atoms with E-state index >= 15 is 0 Å². The molecule has 7 nitrogen and oxygen atoms in total. The van der Waals surface area contributed by atoms with Crippen molar-refractivity contribution in [2.75, 3.05) is 17.7 Å². The predicted molar refractivity (Wildman–Crippen MR) is 110 cm³/mol. The maximum Gasteiger partial charge on any atom is 0.260 e. The minimum absolute atomic E-state index is 0.123. The van der Waals surface area contributed by atoms with E-state index in [1.165, 1.54) is 11.8 Å². The molecular formula is C22H25N3O4. The van der Waals surface area contributed by atoms with Crippen molar-refractivity contribution < 1.29 is 19.1 Å². The van der Waals surface area contributed by atoms with Crippen LogP contribution in [0.15, 0.2) is 36.4 Å². The molecule has 0 bridgehead atoms. The minimum atomic E-state index is -0.633. The van der Waals surface area contributed by atoms with Crippen LogP contribution >= 0.6 is 0 Å². The van der Waals surface area contributed by atoms with Gasteiger partial charge in [0.25, 0.3) is 5.91 Å². The summed E-state index contributed by atoms with van der Waals surface area (Å²) in [5.41, 5.74) is 8.44. The maximum absolute atomic E-state index is 13.2. The number of benzene rings is 2. The molecule has 152 valence electrons. The smallest absolute Gasteiger partial charge is 0.260 e. The molecule has 1 atom stereocenters. The molecule has 2 amide bonds. The van der Waals surface area contributed by atoms with Gasteiger partial charge in [0.15, 0.2) is 11.5 Å². The molecule has 7 heteroatoms. The van der Waals surface area contributed by atoms with Crippen molar-refractivity contribution in [2.45, 2.75) is 44.9 Å². The van der Waals surface area contributed by atoms with Crippen molar-refractivity contribution >= 4 is 23.2 Å². The van der Waals surface area contributed by atoms with Crippen molar-refractivity contribution in [1.82, 2.24) is 5.32 Å². The van der Waals surface area contributed by atoms with Crippen molar-refractivity contribution in [2.24, 2.45) is 0 Å². The van der Waals surface area contributed by atoms with Gasteiger partial charge < -0.3 is 20.5 Å². The van der Waals surface area contributed by atoms with Gasteiger partial charge >= 0.3 is 0 Å². The molecule has 2 aromatic rings. The van der Waals surface area contributed by atoms with Crippen LogP contribution < -0.4 is 25.4 Å². The predicted octanol–water partition coefficient (Wildman–Crippen LogP) is 3.39. The van der Waals surface area contributed by atoms with Gasteiger partial charge in [-0.3, -0.25) is 14.5 Å². The summed E-state index contributed by atoms with van der Waals surface area (Å²) in [4.78, 5) is 26.6. The molecule has 1 unspecified atom stereocenters. The molecule has 1 aliphatic carbocycles. The first kappa shape index (κ1) is 19.1. The van der Waals surface area contributed by atoms with Crippen molar-refractivity contribution in [3.05, 3.63) is 47.5 Å². The van der Waals surface area contributed by atoms with Gasteiger partial charge in [-0.15, -0.1) is 0 Å². The highest BCUT2D eigenvalue weighted by Gasteiger charge is 2.39. The molecule has 4 rings (SSSR count). The van der Waals surface area contributed by atoms with E-state index < -0.39 is 6.17 Å². The minimum Gasteiger partial charge on any atom is -0.493 e. The van der Waals surface area contributed by atoms with Gasteiger partial charge in [-0.1, -0.05) is 18.2 Å². The molecular weight excluding hydrogens is 370 g/mol. The quantitative estimate of drug-likeness (QED) is 0.757. The summed E-state index contributed by atoms with van der Waals surface area (Å²) < 4.78 is 11.6. The number of rotatable bonds is 5. The number of nitrogen functional groups attached to an aromatic ring is 1. The lowest BCUT2D eigenvalue weighted by atomic mass is 10.1. The molecule has 29 heavy (non-hydrogen) atoms. The summed E-state index contributed by atoms with van der Waals surface area (Å²) in [5.74, 6) is 0.620. The molecule has 1 aliphatic heterocycles. The average Bonchev–Trinajstić information content (AvgIpc) is 3.30. The topological polar surface area (TPSA) is 93.9 Å². The van der Waals surface area contributed by atoms with E-state index in [9.17, 15) is 9.59 Å². The van der Waals surface area contributed by atoms with E-state index in [0.29, 0.717) is 28.4 Å². The standard InChI is InChI=1S/C22H25N3O4/c1-13(26)24-21-15-9-5-6-10-16(15)22(27)25(21)18-12-20(19(28-2)11-17(18)23)29-14-7-3-4-8-14/h5-6,9-12,14,21H,3-4,7-8,23H2,1-2H3,(H,24,26). The first-order chi connectivity index (χ1) is 14.0. The van der Waals surface area contributed by atoms with Gasteiger partial charge in [0.05, 0.1) is 24.6 Å². The van der Waals surface area contributed by atoms with Crippen LogP contribution in [-0.2, 0) is 4.79 Å². The summed E-state index contributed by atoms with van der Waals surface area (Å²) in [6.07, 6.45) is 3.75. The van der Waals surface area contributed by atoms with E-state index in [1.807, 2.05) is 12.1 Å². The van der Waals surface area contributed by atoms with Crippen LogP contribution in [0.2, 0.25) is 0 Å². The highest BCUT2D eigenvalue weighted by molar-refractivity contribution is 6.12. The second-order valence-corrected chi connectivity index (χ2v) is 7.45. The van der Waals surface area contributed by atoms with Crippen LogP contribution in [0.25, 0.3) is 0 Å². The number of amides is 2. The van der Waals surface area contributed by atoms with Gasteiger partial charge in [0.1, 0.15) is 6.17 Å². The molecule has 0 spiro atoms. The van der Waals surface area contributed by atoms with Gasteiger partial charge in [-0.2, -0.15) is 0 Å². The molecule has 0 saturated heterocycles. The molecule has 0 aromatic heterocycles. The second kappa shape index (κ2) is 7.66. The fraction of sp³-hybridized carbons (Fsp3) is 0.364. The number of nitrogens with one attached hydrogen (secondary N) is 1. The van der Waals surface area contributed by atoms with Gasteiger partial charge in [-0.05, 0) is 31.7 Å². The lowest BCUT2D eigenvalue weighted by molar-refractivity contribution is -0.119. The van der Waals surface area contributed by atoms with Crippen LogP contribution in [0.4, 0.5) is 11.4 Å². The number of ether oxygens (including phenoxy) is 2. The normalized spacial score (nSPS) is 18.6. The summed E-state index contributed by atoms with van der Waals surface area (Å²) in [6, 6.07) is 10.6. The molecule has 2 aliphatic rings. The van der Waals surface area contributed by atoms with Crippen LogP contribution in [0.5, 0.6) is 11.5 Å². The number of carbonyl (C=O) groups excluding carboxylic acids is 2. The number of hydrogen-bond acceptors (Lipinski definition) is 5. The van der Waals surface area contributed by atoms with Crippen molar-refractivity contribution in [1.29, 1.82) is 0 Å². The summed E-state index contributed by atoms with van der Waals surface area (Å²) in [5, 5.41) is 2.86. The second-order valence-electron chi connectivity index (χ2n) is 7.45. The fourth-order valence-electron chi connectivity index (χ4n) is 4.11. The van der Waals surface area contributed by atoms with E-state index in [4.69, 9.17) is 15.2 Å². The van der Waals surface area contributed by atoms with Gasteiger partial charge in [-0.25, -0.2) is 0 Å². The number of hydrogen-bond donors (Lipinski definition) is 2. The van der Waals surface area contributed by atoms with Crippen LogP contribution in [-0.4, -0.2) is 25.0 Å². The number of nitrogens with zero attached hydrogens (tertiary/aromatic N) is 1. The molecule has 3 N–H and O–H groups in total. The third-order valence-corrected chi connectivity index (χ3v) is 5.47. The first-order valence-electron chi connectivity index (χ1n) is 9.83. The Labute approximate surface area is 169 Å². The van der Waals surface area contributed by atoms with Gasteiger partial charge in [0.2, 0.25) is 5.91 Å². The Balaban J connectivity index is 1.77. The number of methoxy groups -OCH3 is 1. The third kappa shape index (κ3) is 3.48. The van der Waals surface area contributed by atoms with Crippen LogP contribution in [0, 0.1) is 0 Å². The Kier molecular flexibility index (Phi) is 5.05.